The molecule has 0 radical (unpaired) electrons. The van der Waals surface area contributed by atoms with Gasteiger partial charge in [-0.1, -0.05) is 13.8 Å². The minimum Gasteiger partial charge on any atom is -0.392 e. The van der Waals surface area contributed by atoms with Crippen LogP contribution in [0.2, 0.25) is 0 Å². The first-order valence-electron chi connectivity index (χ1n) is 8.56. The number of nitrogens with zero attached hydrogens (tertiary/aromatic N) is 4. The molecule has 2 aromatic rings. The van der Waals surface area contributed by atoms with E-state index in [4.69, 9.17) is 10.8 Å². The molecule has 2 aromatic heterocycles. The summed E-state index contributed by atoms with van der Waals surface area (Å²) in [6.07, 6.45) is 4.50. The Balaban J connectivity index is 0.000000197. The van der Waals surface area contributed by atoms with E-state index in [1.807, 2.05) is 13.8 Å². The lowest BCUT2D eigenvalue weighted by Crippen LogP contribution is -2.41. The number of aliphatic hydroxyl groups excluding tert-OH is 1. The highest BCUT2D eigenvalue weighted by atomic mass is 32.2. The van der Waals surface area contributed by atoms with Crippen molar-refractivity contribution in [3.8, 4) is 0 Å². The molecule has 0 aliphatic carbocycles. The highest BCUT2D eigenvalue weighted by Gasteiger charge is 2.23. The molecule has 1 aliphatic heterocycles. The fraction of sp³-hybridized carbons (Fsp3) is 0.625. The fourth-order valence-electron chi connectivity index (χ4n) is 2.77. The number of aliphatic hydroxyl groups is 1. The topological polar surface area (TPSA) is 114 Å². The summed E-state index contributed by atoms with van der Waals surface area (Å²) in [6, 6.07) is 1.50. The first-order chi connectivity index (χ1) is 12.1. The molecule has 3 N–H and O–H groups in total. The second kappa shape index (κ2) is 8.28. The minimum absolute atomic E-state index is 0.155. The lowest BCUT2D eigenvalue weighted by Gasteiger charge is -2.27. The average molecular weight is 387 g/mol. The number of rotatable bonds is 3. The van der Waals surface area contributed by atoms with Crippen LogP contribution in [0.5, 0.6) is 0 Å². The average Bonchev–Trinajstić information content (AvgIpc) is 2.90. The van der Waals surface area contributed by atoms with Gasteiger partial charge in [0.05, 0.1) is 18.6 Å². The summed E-state index contributed by atoms with van der Waals surface area (Å²) in [4.78, 5) is 3.77. The van der Waals surface area contributed by atoms with Crippen LogP contribution < -0.4 is 5.73 Å². The second-order valence-corrected chi connectivity index (χ2v) is 8.54. The number of aromatic nitrogens is 3. The van der Waals surface area contributed by atoms with Crippen molar-refractivity contribution in [3.63, 3.8) is 0 Å². The summed E-state index contributed by atoms with van der Waals surface area (Å²) in [5.74, 6) is 0.101. The minimum atomic E-state index is -3.09. The molecule has 1 aliphatic rings. The zero-order chi connectivity index (χ0) is 19.5. The molecule has 0 spiro atoms. The zero-order valence-corrected chi connectivity index (χ0v) is 16.1. The number of β-amino-alcohol motifs (C(OH)–C–C–N with tert-alkyl or cyclic N) is 1. The molecule has 3 rings (SSSR count). The van der Waals surface area contributed by atoms with E-state index in [0.717, 1.165) is 18.5 Å². The van der Waals surface area contributed by atoms with Crippen LogP contribution in [0.25, 0.3) is 5.52 Å². The van der Waals surface area contributed by atoms with Gasteiger partial charge in [0.1, 0.15) is 5.52 Å². The van der Waals surface area contributed by atoms with Crippen molar-refractivity contribution in [2.45, 2.75) is 45.1 Å². The summed E-state index contributed by atoms with van der Waals surface area (Å²) in [7, 11) is -3.09. The standard InChI is InChI=1S/C10H13FN4.C6H13NO3S/c1-3-6(2)8-4-7(11)9-5-13-10(12)14-15(8)9;1-11(9,10)7-4-2-3-6(8)5-7/h4-6H,3H2,1-2H3,(H2,12,14);6,8H,2-5H2,1H3. The molecular weight excluding hydrogens is 361 g/mol. The smallest absolute Gasteiger partial charge is 0.238 e. The largest absolute Gasteiger partial charge is 0.392 e. The molecule has 0 bridgehead atoms. The van der Waals surface area contributed by atoms with E-state index in [2.05, 4.69) is 10.1 Å². The second-order valence-electron chi connectivity index (χ2n) is 6.56. The molecular formula is C16H26FN5O3S. The van der Waals surface area contributed by atoms with E-state index in [-0.39, 0.29) is 24.2 Å². The molecule has 26 heavy (non-hydrogen) atoms. The first kappa shape index (κ1) is 20.5. The Bertz CT molecular complexity index is 855. The number of halogens is 1. The molecule has 8 nitrogen and oxygen atoms in total. The number of piperidine rings is 1. The summed E-state index contributed by atoms with van der Waals surface area (Å²) in [5.41, 5.74) is 6.69. The Hall–Kier alpha value is -1.78. The van der Waals surface area contributed by atoms with Crippen LogP contribution in [0.4, 0.5) is 10.3 Å². The highest BCUT2D eigenvalue weighted by molar-refractivity contribution is 7.88. The maximum atomic E-state index is 13.5. The third-order valence-corrected chi connectivity index (χ3v) is 5.73. The highest BCUT2D eigenvalue weighted by Crippen LogP contribution is 2.23. The molecule has 0 amide bonds. The van der Waals surface area contributed by atoms with Gasteiger partial charge in [0.2, 0.25) is 16.0 Å². The van der Waals surface area contributed by atoms with Crippen LogP contribution in [0.15, 0.2) is 12.3 Å². The van der Waals surface area contributed by atoms with Crippen LogP contribution in [0, 0.1) is 5.82 Å². The number of anilines is 1. The van der Waals surface area contributed by atoms with E-state index in [0.29, 0.717) is 18.5 Å². The molecule has 146 valence electrons. The number of nitrogen functional groups attached to an aromatic ring is 1. The van der Waals surface area contributed by atoms with Gasteiger partial charge in [-0.3, -0.25) is 0 Å². The maximum absolute atomic E-state index is 13.5. The van der Waals surface area contributed by atoms with Gasteiger partial charge in [0.15, 0.2) is 5.82 Å². The summed E-state index contributed by atoms with van der Waals surface area (Å²) < 4.78 is 38.2. The normalized spacial score (nSPS) is 19.8. The van der Waals surface area contributed by atoms with Gasteiger partial charge < -0.3 is 10.8 Å². The van der Waals surface area contributed by atoms with Crippen molar-refractivity contribution < 1.29 is 17.9 Å². The zero-order valence-electron chi connectivity index (χ0n) is 15.3. The summed E-state index contributed by atoms with van der Waals surface area (Å²) >= 11 is 0. The molecule has 1 saturated heterocycles. The van der Waals surface area contributed by atoms with E-state index in [1.54, 1.807) is 0 Å². The number of nitrogens with two attached hydrogens (primary N) is 1. The van der Waals surface area contributed by atoms with Gasteiger partial charge in [-0.25, -0.2) is 22.3 Å². The van der Waals surface area contributed by atoms with Gasteiger partial charge in [-0.2, -0.15) is 4.31 Å². The van der Waals surface area contributed by atoms with Crippen molar-refractivity contribution in [1.29, 1.82) is 0 Å². The van der Waals surface area contributed by atoms with Gasteiger partial charge in [-0.15, -0.1) is 5.10 Å². The number of hydrogen-bond donors (Lipinski definition) is 2. The fourth-order valence-corrected chi connectivity index (χ4v) is 3.67. The van der Waals surface area contributed by atoms with E-state index in [9.17, 15) is 12.8 Å². The van der Waals surface area contributed by atoms with Crippen LogP contribution in [-0.2, 0) is 10.0 Å². The van der Waals surface area contributed by atoms with Gasteiger partial charge >= 0.3 is 0 Å². The van der Waals surface area contributed by atoms with Crippen molar-refractivity contribution in [2.24, 2.45) is 0 Å². The van der Waals surface area contributed by atoms with E-state index in [1.165, 1.54) is 27.3 Å². The molecule has 2 atom stereocenters. The van der Waals surface area contributed by atoms with Gasteiger partial charge in [0.25, 0.3) is 0 Å². The lowest BCUT2D eigenvalue weighted by molar-refractivity contribution is 0.108. The van der Waals surface area contributed by atoms with Crippen LogP contribution in [0.1, 0.15) is 44.7 Å². The Morgan fingerprint density at radius 1 is 1.50 bits per heavy atom. The number of hydrogen-bond acceptors (Lipinski definition) is 6. The van der Waals surface area contributed by atoms with Crippen molar-refractivity contribution >= 4 is 21.5 Å². The predicted octanol–water partition coefficient (Wildman–Crippen LogP) is 1.37. The maximum Gasteiger partial charge on any atom is 0.238 e. The van der Waals surface area contributed by atoms with Crippen LogP contribution >= 0.6 is 0 Å². The third-order valence-electron chi connectivity index (χ3n) is 4.46. The van der Waals surface area contributed by atoms with Gasteiger partial charge in [0, 0.05) is 18.8 Å². The molecule has 0 saturated carbocycles. The quantitative estimate of drug-likeness (QED) is 0.822. The SMILES string of the molecule is CCC(C)c1cc(F)c2cnc(N)nn12.CS(=O)(=O)N1CCCC(O)C1. The first-order valence-corrected chi connectivity index (χ1v) is 10.4. The van der Waals surface area contributed by atoms with Crippen LogP contribution in [-0.4, -0.2) is 57.9 Å². The van der Waals surface area contributed by atoms with Crippen molar-refractivity contribution in [2.75, 3.05) is 25.1 Å². The molecule has 10 heteroatoms. The van der Waals surface area contributed by atoms with E-state index < -0.39 is 16.1 Å². The number of sulfonamides is 1. The molecule has 3 heterocycles. The monoisotopic (exact) mass is 387 g/mol. The predicted molar refractivity (Wildman–Crippen MR) is 97.7 cm³/mol. The number of fused-ring (bicyclic) bond motifs is 1. The van der Waals surface area contributed by atoms with E-state index >= 15 is 0 Å². The molecule has 2 unspecified atom stereocenters. The molecule has 1 fully saturated rings. The Morgan fingerprint density at radius 3 is 2.73 bits per heavy atom. The Kier molecular flexibility index (Phi) is 6.53. The Morgan fingerprint density at radius 2 is 2.19 bits per heavy atom. The summed E-state index contributed by atoms with van der Waals surface area (Å²) in [6.45, 7) is 4.89. The molecule has 0 aromatic carbocycles. The Labute approximate surface area is 152 Å². The summed E-state index contributed by atoms with van der Waals surface area (Å²) in [5, 5.41) is 13.1. The van der Waals surface area contributed by atoms with Crippen LogP contribution in [0.3, 0.4) is 0 Å². The lowest BCUT2D eigenvalue weighted by atomic mass is 10.1. The third kappa shape index (κ3) is 4.89. The van der Waals surface area contributed by atoms with Crippen molar-refractivity contribution in [1.82, 2.24) is 18.9 Å². The van der Waals surface area contributed by atoms with Gasteiger partial charge in [-0.05, 0) is 31.2 Å². The van der Waals surface area contributed by atoms with Crippen molar-refractivity contribution in [3.05, 3.63) is 23.8 Å².